The molecular weight excluding hydrogens is 263 g/mol. The first kappa shape index (κ1) is 13.5. The molecule has 0 bridgehead atoms. The minimum absolute atomic E-state index is 0.165. The van der Waals surface area contributed by atoms with Crippen LogP contribution in [0.1, 0.15) is 11.1 Å². The predicted octanol–water partition coefficient (Wildman–Crippen LogP) is 3.71. The van der Waals surface area contributed by atoms with Gasteiger partial charge in [0.1, 0.15) is 11.8 Å². The predicted molar refractivity (Wildman–Crippen MR) is 69.0 cm³/mol. The van der Waals surface area contributed by atoms with Crippen molar-refractivity contribution in [1.29, 1.82) is 5.26 Å². The topological polar surface area (TPSA) is 76.2 Å². The summed E-state index contributed by atoms with van der Waals surface area (Å²) in [6, 6.07) is 9.99. The van der Waals surface area contributed by atoms with Crippen LogP contribution in [0.3, 0.4) is 0 Å². The fourth-order valence-electron chi connectivity index (χ4n) is 1.67. The van der Waals surface area contributed by atoms with E-state index in [0.717, 1.165) is 12.1 Å². The fraction of sp³-hybridized carbons (Fsp3) is 0.0714. The van der Waals surface area contributed by atoms with Gasteiger partial charge in [-0.15, -0.1) is 0 Å². The number of nitrogens with zero attached hydrogens (tertiary/aromatic N) is 2. The lowest BCUT2D eigenvalue weighted by Gasteiger charge is -2.10. The monoisotopic (exact) mass is 272 g/mol. The minimum Gasteiger partial charge on any atom is -0.453 e. The first-order valence-electron chi connectivity index (χ1n) is 5.64. The van der Waals surface area contributed by atoms with E-state index in [9.17, 15) is 14.5 Å². The number of para-hydroxylation sites is 1. The molecule has 2 rings (SSSR count). The zero-order valence-electron chi connectivity index (χ0n) is 10.5. The molecule has 0 aliphatic heterocycles. The molecule has 0 saturated carbocycles. The molecule has 0 spiro atoms. The van der Waals surface area contributed by atoms with Gasteiger partial charge in [0.2, 0.25) is 0 Å². The molecular formula is C14H9FN2O3. The summed E-state index contributed by atoms with van der Waals surface area (Å²) in [4.78, 5) is 9.84. The molecule has 0 saturated heterocycles. The van der Waals surface area contributed by atoms with Gasteiger partial charge in [-0.3, -0.25) is 10.1 Å². The van der Waals surface area contributed by atoms with E-state index in [1.165, 1.54) is 6.07 Å². The fourth-order valence-corrected chi connectivity index (χ4v) is 1.67. The van der Waals surface area contributed by atoms with Crippen molar-refractivity contribution >= 4 is 5.69 Å². The van der Waals surface area contributed by atoms with E-state index < -0.39 is 10.7 Å². The number of nitro groups is 1. The highest BCUT2D eigenvalue weighted by Crippen LogP contribution is 2.31. The zero-order chi connectivity index (χ0) is 14.7. The summed E-state index contributed by atoms with van der Waals surface area (Å²) in [6.45, 7) is 1.72. The summed E-state index contributed by atoms with van der Waals surface area (Å²) in [5.74, 6) is -0.782. The molecule has 0 radical (unpaired) electrons. The highest BCUT2D eigenvalue weighted by atomic mass is 19.1. The lowest BCUT2D eigenvalue weighted by Crippen LogP contribution is -1.95. The van der Waals surface area contributed by atoms with Gasteiger partial charge in [0, 0.05) is 6.07 Å². The summed E-state index contributed by atoms with van der Waals surface area (Å²) in [7, 11) is 0. The number of nitro benzene ring substituents is 1. The lowest BCUT2D eigenvalue weighted by molar-refractivity contribution is -0.385. The molecule has 0 aliphatic rings. The van der Waals surface area contributed by atoms with Crippen molar-refractivity contribution in [3.05, 3.63) is 63.5 Å². The van der Waals surface area contributed by atoms with Gasteiger partial charge < -0.3 is 4.74 Å². The van der Waals surface area contributed by atoms with Crippen LogP contribution in [0.5, 0.6) is 11.5 Å². The number of halogens is 1. The van der Waals surface area contributed by atoms with E-state index in [0.29, 0.717) is 5.56 Å². The van der Waals surface area contributed by atoms with E-state index in [4.69, 9.17) is 10.00 Å². The average Bonchev–Trinajstić information content (AvgIpc) is 2.42. The Morgan fingerprint density at radius 1 is 1.35 bits per heavy atom. The molecule has 6 heteroatoms. The number of nitriles is 1. The molecule has 2 aromatic rings. The van der Waals surface area contributed by atoms with Crippen molar-refractivity contribution < 1.29 is 14.1 Å². The molecule has 0 fully saturated rings. The van der Waals surface area contributed by atoms with Crippen LogP contribution < -0.4 is 4.74 Å². The zero-order valence-corrected chi connectivity index (χ0v) is 10.5. The van der Waals surface area contributed by atoms with E-state index in [-0.39, 0.29) is 22.7 Å². The average molecular weight is 272 g/mol. The van der Waals surface area contributed by atoms with Gasteiger partial charge in [-0.1, -0.05) is 12.1 Å². The summed E-state index contributed by atoms with van der Waals surface area (Å²) in [6.07, 6.45) is 0. The Labute approximate surface area is 114 Å². The second-order valence-electron chi connectivity index (χ2n) is 4.04. The standard InChI is InChI=1S/C14H9FN2O3/c1-9-3-2-4-10(8-16)14(9)20-13-6-5-11(17(18)19)7-12(13)15/h2-7H,1H3. The summed E-state index contributed by atoms with van der Waals surface area (Å²) < 4.78 is 19.1. The first-order chi connectivity index (χ1) is 9.52. The van der Waals surface area contributed by atoms with Crippen molar-refractivity contribution in [2.24, 2.45) is 0 Å². The van der Waals surface area contributed by atoms with Gasteiger partial charge >= 0.3 is 0 Å². The van der Waals surface area contributed by atoms with Crippen molar-refractivity contribution in [2.75, 3.05) is 0 Å². The molecule has 5 nitrogen and oxygen atoms in total. The van der Waals surface area contributed by atoms with Gasteiger partial charge in [0.25, 0.3) is 5.69 Å². The summed E-state index contributed by atoms with van der Waals surface area (Å²) >= 11 is 0. The molecule has 0 aromatic heterocycles. The van der Waals surface area contributed by atoms with Crippen LogP contribution in [0.2, 0.25) is 0 Å². The van der Waals surface area contributed by atoms with Crippen LogP contribution in [-0.2, 0) is 0 Å². The molecule has 0 amide bonds. The lowest BCUT2D eigenvalue weighted by atomic mass is 10.1. The van der Waals surface area contributed by atoms with Crippen LogP contribution in [0.4, 0.5) is 10.1 Å². The van der Waals surface area contributed by atoms with Gasteiger partial charge in [0.15, 0.2) is 11.6 Å². The maximum absolute atomic E-state index is 13.8. The molecule has 0 atom stereocenters. The van der Waals surface area contributed by atoms with Crippen LogP contribution in [0.15, 0.2) is 36.4 Å². The Hall–Kier alpha value is -2.94. The Kier molecular flexibility index (Phi) is 3.62. The third-order valence-electron chi connectivity index (χ3n) is 2.67. The van der Waals surface area contributed by atoms with Crippen molar-refractivity contribution in [3.8, 4) is 17.6 Å². The maximum atomic E-state index is 13.8. The van der Waals surface area contributed by atoms with E-state index in [1.807, 2.05) is 6.07 Å². The highest BCUT2D eigenvalue weighted by molar-refractivity contribution is 5.50. The number of benzene rings is 2. The Morgan fingerprint density at radius 3 is 2.70 bits per heavy atom. The van der Waals surface area contributed by atoms with E-state index >= 15 is 0 Å². The molecule has 0 heterocycles. The quantitative estimate of drug-likeness (QED) is 0.630. The van der Waals surface area contributed by atoms with Crippen molar-refractivity contribution in [1.82, 2.24) is 0 Å². The molecule has 20 heavy (non-hydrogen) atoms. The Balaban J connectivity index is 2.41. The van der Waals surface area contributed by atoms with Crippen molar-refractivity contribution in [3.63, 3.8) is 0 Å². The number of hydrogen-bond acceptors (Lipinski definition) is 4. The van der Waals surface area contributed by atoms with Crippen molar-refractivity contribution in [2.45, 2.75) is 6.92 Å². The first-order valence-corrected chi connectivity index (χ1v) is 5.64. The molecule has 0 N–H and O–H groups in total. The Morgan fingerprint density at radius 2 is 2.10 bits per heavy atom. The molecule has 0 unspecified atom stereocenters. The molecule has 100 valence electrons. The van der Waals surface area contributed by atoms with E-state index in [2.05, 4.69) is 0 Å². The third kappa shape index (κ3) is 2.57. The number of hydrogen-bond donors (Lipinski definition) is 0. The second-order valence-corrected chi connectivity index (χ2v) is 4.04. The van der Waals surface area contributed by atoms with Gasteiger partial charge in [-0.2, -0.15) is 5.26 Å². The van der Waals surface area contributed by atoms with Crippen LogP contribution >= 0.6 is 0 Å². The summed E-state index contributed by atoms with van der Waals surface area (Å²) in [5, 5.41) is 19.5. The van der Waals surface area contributed by atoms with E-state index in [1.54, 1.807) is 25.1 Å². The van der Waals surface area contributed by atoms with Crippen LogP contribution in [-0.4, -0.2) is 4.92 Å². The van der Waals surface area contributed by atoms with Crippen LogP contribution in [0, 0.1) is 34.2 Å². The van der Waals surface area contributed by atoms with Crippen LogP contribution in [0.25, 0.3) is 0 Å². The SMILES string of the molecule is Cc1cccc(C#N)c1Oc1ccc([N+](=O)[O-])cc1F. The molecule has 2 aromatic carbocycles. The normalized spacial score (nSPS) is 9.85. The minimum atomic E-state index is -0.855. The number of non-ortho nitro benzene ring substituents is 1. The number of ether oxygens (including phenoxy) is 1. The smallest absolute Gasteiger partial charge is 0.272 e. The highest BCUT2D eigenvalue weighted by Gasteiger charge is 2.14. The second kappa shape index (κ2) is 5.36. The number of rotatable bonds is 3. The number of aryl methyl sites for hydroxylation is 1. The van der Waals surface area contributed by atoms with Gasteiger partial charge in [-0.05, 0) is 24.6 Å². The molecule has 0 aliphatic carbocycles. The van der Waals surface area contributed by atoms with Gasteiger partial charge in [0.05, 0.1) is 16.6 Å². The summed E-state index contributed by atoms with van der Waals surface area (Å²) in [5.41, 5.74) is 0.574. The largest absolute Gasteiger partial charge is 0.453 e. The Bertz CT molecular complexity index is 723. The van der Waals surface area contributed by atoms with Gasteiger partial charge in [-0.25, -0.2) is 4.39 Å². The third-order valence-corrected chi connectivity index (χ3v) is 2.67. The maximum Gasteiger partial charge on any atom is 0.272 e.